The highest BCUT2D eigenvalue weighted by atomic mass is 16.7. The number of ether oxygens (including phenoxy) is 2. The van der Waals surface area contributed by atoms with E-state index in [2.05, 4.69) is 38.1 Å². The summed E-state index contributed by atoms with van der Waals surface area (Å²) in [4.78, 5) is 12.3. The van der Waals surface area contributed by atoms with E-state index < -0.39 is 6.29 Å². The van der Waals surface area contributed by atoms with Crippen LogP contribution in [0.25, 0.3) is 11.1 Å². The maximum Gasteiger partial charge on any atom is 0.340 e. The van der Waals surface area contributed by atoms with Crippen LogP contribution in [-0.2, 0) is 15.9 Å². The average molecular weight is 411 g/mol. The van der Waals surface area contributed by atoms with Crippen LogP contribution in [0.2, 0.25) is 0 Å². The van der Waals surface area contributed by atoms with E-state index in [-0.39, 0.29) is 5.97 Å². The number of carbonyl (C=O) groups is 1. The van der Waals surface area contributed by atoms with Crippen molar-refractivity contribution >= 4 is 5.97 Å². The Morgan fingerprint density at radius 2 is 1.33 bits per heavy atom. The lowest BCUT2D eigenvalue weighted by molar-refractivity contribution is -0.0985. The van der Waals surface area contributed by atoms with Gasteiger partial charge in [-0.25, -0.2) is 4.79 Å². The first kappa shape index (κ1) is 24.1. The Balaban J connectivity index is 1.81. The predicted octanol–water partition coefficient (Wildman–Crippen LogP) is 7.58. The van der Waals surface area contributed by atoms with E-state index in [0.717, 1.165) is 30.4 Å². The lowest BCUT2D eigenvalue weighted by Gasteiger charge is -2.14. The first-order chi connectivity index (χ1) is 14.6. The third-order valence-electron chi connectivity index (χ3n) is 5.35. The van der Waals surface area contributed by atoms with Crippen LogP contribution < -0.4 is 0 Å². The second-order valence-electron chi connectivity index (χ2n) is 7.99. The van der Waals surface area contributed by atoms with E-state index in [4.69, 9.17) is 9.47 Å². The van der Waals surface area contributed by atoms with Gasteiger partial charge in [0.1, 0.15) is 0 Å². The van der Waals surface area contributed by atoms with Crippen molar-refractivity contribution in [3.8, 4) is 11.1 Å². The minimum atomic E-state index is -0.525. The Kier molecular flexibility index (Phi) is 11.2. The Labute approximate surface area is 182 Å². The Hall–Kier alpha value is -2.13. The standard InChI is InChI=1S/C27H38O3/c1-4-6-8-9-10-11-12-23-13-15-24(16-14-23)25-17-19-26(20-18-25)27(28)30-22(3)29-21-7-5-2/h13-20,22H,4-12,21H2,1-3H3. The molecule has 0 N–H and O–H groups in total. The Morgan fingerprint density at radius 3 is 1.97 bits per heavy atom. The van der Waals surface area contributed by atoms with E-state index in [1.54, 1.807) is 6.92 Å². The Bertz CT molecular complexity index is 719. The van der Waals surface area contributed by atoms with Crippen molar-refractivity contribution < 1.29 is 14.3 Å². The van der Waals surface area contributed by atoms with Crippen LogP contribution in [0.15, 0.2) is 48.5 Å². The van der Waals surface area contributed by atoms with Crippen LogP contribution in [0.5, 0.6) is 0 Å². The maximum atomic E-state index is 12.3. The molecule has 0 spiro atoms. The monoisotopic (exact) mass is 410 g/mol. The highest BCUT2D eigenvalue weighted by Gasteiger charge is 2.12. The summed E-state index contributed by atoms with van der Waals surface area (Å²) in [7, 11) is 0. The number of esters is 1. The van der Waals surface area contributed by atoms with Crippen molar-refractivity contribution in [3.05, 3.63) is 59.7 Å². The normalized spacial score (nSPS) is 12.0. The zero-order chi connectivity index (χ0) is 21.6. The molecule has 0 bridgehead atoms. The minimum absolute atomic E-state index is 0.347. The molecule has 3 nitrogen and oxygen atoms in total. The van der Waals surface area contributed by atoms with Gasteiger partial charge in [-0.15, -0.1) is 0 Å². The summed E-state index contributed by atoms with van der Waals surface area (Å²) in [6, 6.07) is 16.4. The van der Waals surface area contributed by atoms with E-state index >= 15 is 0 Å². The third kappa shape index (κ3) is 8.71. The van der Waals surface area contributed by atoms with Crippen molar-refractivity contribution in [3.63, 3.8) is 0 Å². The molecule has 0 saturated heterocycles. The topological polar surface area (TPSA) is 35.5 Å². The number of aryl methyl sites for hydroxylation is 1. The molecule has 164 valence electrons. The van der Waals surface area contributed by atoms with Crippen molar-refractivity contribution in [2.75, 3.05) is 6.61 Å². The van der Waals surface area contributed by atoms with Crippen LogP contribution in [0.1, 0.15) is 88.1 Å². The first-order valence-corrected chi connectivity index (χ1v) is 11.7. The zero-order valence-corrected chi connectivity index (χ0v) is 19.0. The summed E-state index contributed by atoms with van der Waals surface area (Å²) in [6.45, 7) is 6.73. The Morgan fingerprint density at radius 1 is 0.767 bits per heavy atom. The molecule has 1 atom stereocenters. The summed E-state index contributed by atoms with van der Waals surface area (Å²) in [5.41, 5.74) is 4.21. The number of unbranched alkanes of at least 4 members (excludes halogenated alkanes) is 6. The van der Waals surface area contributed by atoms with Gasteiger partial charge in [-0.1, -0.05) is 88.8 Å². The molecule has 3 heteroatoms. The van der Waals surface area contributed by atoms with Gasteiger partial charge in [0.15, 0.2) is 6.29 Å². The molecule has 0 heterocycles. The molecule has 0 saturated carbocycles. The number of carbonyl (C=O) groups excluding carboxylic acids is 1. The number of hydrogen-bond acceptors (Lipinski definition) is 3. The zero-order valence-electron chi connectivity index (χ0n) is 19.0. The van der Waals surface area contributed by atoms with Crippen LogP contribution >= 0.6 is 0 Å². The SMILES string of the molecule is CCCCCCCCc1ccc(-c2ccc(C(=O)OC(C)OCCCC)cc2)cc1. The lowest BCUT2D eigenvalue weighted by atomic mass is 10.00. The van der Waals surface area contributed by atoms with Gasteiger partial charge in [-0.05, 0) is 55.0 Å². The fraction of sp³-hybridized carbons (Fsp3) is 0.519. The molecule has 0 radical (unpaired) electrons. The van der Waals surface area contributed by atoms with Crippen LogP contribution in [-0.4, -0.2) is 18.9 Å². The highest BCUT2D eigenvalue weighted by Crippen LogP contribution is 2.22. The summed E-state index contributed by atoms with van der Waals surface area (Å²) in [5.74, 6) is -0.347. The van der Waals surface area contributed by atoms with Gasteiger partial charge in [-0.2, -0.15) is 0 Å². The molecule has 0 aromatic heterocycles. The summed E-state index contributed by atoms with van der Waals surface area (Å²) < 4.78 is 10.8. The summed E-state index contributed by atoms with van der Waals surface area (Å²) >= 11 is 0. The van der Waals surface area contributed by atoms with E-state index in [1.807, 2.05) is 24.3 Å². The fourth-order valence-corrected chi connectivity index (χ4v) is 3.42. The fourth-order valence-electron chi connectivity index (χ4n) is 3.42. The molecule has 1 unspecified atom stereocenters. The molecule has 0 amide bonds. The van der Waals surface area contributed by atoms with Crippen molar-refractivity contribution in [1.29, 1.82) is 0 Å². The number of rotatable bonds is 14. The third-order valence-corrected chi connectivity index (χ3v) is 5.35. The molecule has 30 heavy (non-hydrogen) atoms. The molecular formula is C27H38O3. The maximum absolute atomic E-state index is 12.3. The van der Waals surface area contributed by atoms with Gasteiger partial charge in [-0.3, -0.25) is 0 Å². The van der Waals surface area contributed by atoms with Gasteiger partial charge in [0, 0.05) is 0 Å². The van der Waals surface area contributed by atoms with Gasteiger partial charge in [0.25, 0.3) is 0 Å². The van der Waals surface area contributed by atoms with Crippen molar-refractivity contribution in [2.45, 2.75) is 84.8 Å². The quantitative estimate of drug-likeness (QED) is 0.183. The smallest absolute Gasteiger partial charge is 0.340 e. The molecule has 0 fully saturated rings. The second-order valence-corrected chi connectivity index (χ2v) is 7.99. The molecule has 0 aliphatic heterocycles. The average Bonchev–Trinajstić information content (AvgIpc) is 2.77. The highest BCUT2D eigenvalue weighted by molar-refractivity contribution is 5.90. The molecule has 2 aromatic carbocycles. The van der Waals surface area contributed by atoms with Gasteiger partial charge < -0.3 is 9.47 Å². The summed E-state index contributed by atoms with van der Waals surface area (Å²) in [6.07, 6.45) is 10.6. The molecule has 0 aliphatic carbocycles. The van der Waals surface area contributed by atoms with Gasteiger partial charge >= 0.3 is 5.97 Å². The van der Waals surface area contributed by atoms with Gasteiger partial charge in [0.05, 0.1) is 12.2 Å². The lowest BCUT2D eigenvalue weighted by Crippen LogP contribution is -2.18. The van der Waals surface area contributed by atoms with Crippen LogP contribution in [0.4, 0.5) is 0 Å². The first-order valence-electron chi connectivity index (χ1n) is 11.7. The number of benzene rings is 2. The van der Waals surface area contributed by atoms with Crippen LogP contribution in [0.3, 0.4) is 0 Å². The van der Waals surface area contributed by atoms with Gasteiger partial charge in [0.2, 0.25) is 0 Å². The molecule has 2 aromatic rings. The summed E-state index contributed by atoms with van der Waals surface area (Å²) in [5, 5.41) is 0. The molecule has 2 rings (SSSR count). The van der Waals surface area contributed by atoms with Crippen molar-refractivity contribution in [1.82, 2.24) is 0 Å². The second kappa shape index (κ2) is 14.0. The molecule has 0 aliphatic rings. The van der Waals surface area contributed by atoms with Crippen molar-refractivity contribution in [2.24, 2.45) is 0 Å². The van der Waals surface area contributed by atoms with E-state index in [1.165, 1.54) is 44.1 Å². The minimum Gasteiger partial charge on any atom is -0.432 e. The number of hydrogen-bond donors (Lipinski definition) is 0. The predicted molar refractivity (Wildman–Crippen MR) is 125 cm³/mol. The van der Waals surface area contributed by atoms with E-state index in [9.17, 15) is 4.79 Å². The van der Waals surface area contributed by atoms with E-state index in [0.29, 0.717) is 12.2 Å². The molecular weight excluding hydrogens is 372 g/mol. The van der Waals surface area contributed by atoms with Crippen LogP contribution in [0, 0.1) is 0 Å². The largest absolute Gasteiger partial charge is 0.432 e.